The largest absolute Gasteiger partial charge is 0.383 e. The molecule has 0 unspecified atom stereocenters. The number of ether oxygens (including phenoxy) is 1. The molecule has 0 fully saturated rings. The summed E-state index contributed by atoms with van der Waals surface area (Å²) in [5, 5.41) is 5.98. The van der Waals surface area contributed by atoms with Crippen molar-refractivity contribution in [2.24, 2.45) is 0 Å². The summed E-state index contributed by atoms with van der Waals surface area (Å²) >= 11 is 5.78. The summed E-state index contributed by atoms with van der Waals surface area (Å²) in [5.41, 5.74) is 1.08. The van der Waals surface area contributed by atoms with Crippen LogP contribution in [0.3, 0.4) is 0 Å². The van der Waals surface area contributed by atoms with Crippen molar-refractivity contribution < 1.29 is 14.3 Å². The molecule has 0 aromatic heterocycles. The van der Waals surface area contributed by atoms with Gasteiger partial charge in [0.15, 0.2) is 0 Å². The highest BCUT2D eigenvalue weighted by molar-refractivity contribution is 6.30. The first-order chi connectivity index (χ1) is 9.61. The molecule has 2 N–H and O–H groups in total. The Kier molecular flexibility index (Phi) is 7.69. The van der Waals surface area contributed by atoms with E-state index in [4.69, 9.17) is 16.3 Å². The second-order valence-electron chi connectivity index (χ2n) is 4.25. The number of nitrogens with one attached hydrogen (secondary N) is 2. The molecule has 0 saturated heterocycles. The van der Waals surface area contributed by atoms with Gasteiger partial charge >= 0.3 is 0 Å². The Bertz CT molecular complexity index is 435. The maximum atomic E-state index is 11.5. The van der Waals surface area contributed by atoms with Gasteiger partial charge in [0.2, 0.25) is 11.8 Å². The first-order valence-corrected chi connectivity index (χ1v) is 6.76. The summed E-state index contributed by atoms with van der Waals surface area (Å²) in [5.74, 6) is -0.583. The molecule has 2 amide bonds. The molecule has 0 spiro atoms. The molecule has 5 nitrogen and oxygen atoms in total. The third kappa shape index (κ3) is 7.11. The Morgan fingerprint density at radius 2 is 1.70 bits per heavy atom. The van der Waals surface area contributed by atoms with Crippen molar-refractivity contribution in [3.05, 3.63) is 34.9 Å². The van der Waals surface area contributed by atoms with Gasteiger partial charge < -0.3 is 15.4 Å². The first-order valence-electron chi connectivity index (χ1n) is 6.38. The number of carbonyl (C=O) groups is 2. The van der Waals surface area contributed by atoms with Crippen molar-refractivity contribution in [2.45, 2.75) is 12.8 Å². The molecule has 0 aliphatic heterocycles. The number of methoxy groups -OCH3 is 1. The zero-order chi connectivity index (χ0) is 14.8. The predicted octanol–water partition coefficient (Wildman–Crippen LogP) is 1.15. The lowest BCUT2D eigenvalue weighted by atomic mass is 10.1. The van der Waals surface area contributed by atoms with Gasteiger partial charge in [-0.25, -0.2) is 0 Å². The Balaban J connectivity index is 2.16. The average Bonchev–Trinajstić information content (AvgIpc) is 2.41. The number of benzene rings is 1. The fraction of sp³-hybridized carbons (Fsp3) is 0.429. The van der Waals surface area contributed by atoms with E-state index in [2.05, 4.69) is 10.6 Å². The van der Waals surface area contributed by atoms with Gasteiger partial charge in [-0.05, 0) is 24.1 Å². The molecule has 0 aliphatic rings. The molecule has 0 heterocycles. The van der Waals surface area contributed by atoms with Crippen LogP contribution < -0.4 is 10.6 Å². The van der Waals surface area contributed by atoms with E-state index in [1.54, 1.807) is 7.11 Å². The molecule has 1 aromatic carbocycles. The highest BCUT2D eigenvalue weighted by atomic mass is 35.5. The quantitative estimate of drug-likeness (QED) is 0.559. The first kappa shape index (κ1) is 16.5. The Morgan fingerprint density at radius 1 is 1.10 bits per heavy atom. The fourth-order valence-corrected chi connectivity index (χ4v) is 1.69. The second kappa shape index (κ2) is 9.34. The second-order valence-corrected chi connectivity index (χ2v) is 4.68. The number of halogens is 1. The SMILES string of the molecule is COCCNC(=O)CC(=O)NCCc1ccc(Cl)cc1. The van der Waals surface area contributed by atoms with E-state index >= 15 is 0 Å². The minimum Gasteiger partial charge on any atom is -0.383 e. The molecule has 20 heavy (non-hydrogen) atoms. The van der Waals surface area contributed by atoms with Crippen molar-refractivity contribution in [3.63, 3.8) is 0 Å². The Labute approximate surface area is 123 Å². The maximum Gasteiger partial charge on any atom is 0.229 e. The molecular weight excluding hydrogens is 280 g/mol. The smallest absolute Gasteiger partial charge is 0.229 e. The zero-order valence-corrected chi connectivity index (χ0v) is 12.2. The van der Waals surface area contributed by atoms with Crippen LogP contribution in [-0.4, -0.2) is 38.6 Å². The van der Waals surface area contributed by atoms with Gasteiger partial charge in [0, 0.05) is 25.2 Å². The normalized spacial score (nSPS) is 10.1. The summed E-state index contributed by atoms with van der Waals surface area (Å²) in [6.45, 7) is 1.34. The van der Waals surface area contributed by atoms with Crippen LogP contribution in [0.15, 0.2) is 24.3 Å². The monoisotopic (exact) mass is 298 g/mol. The van der Waals surface area contributed by atoms with E-state index in [1.165, 1.54) is 0 Å². The van der Waals surface area contributed by atoms with Crippen molar-refractivity contribution in [2.75, 3.05) is 26.8 Å². The number of amides is 2. The minimum atomic E-state index is -0.300. The summed E-state index contributed by atoms with van der Waals surface area (Å²) < 4.78 is 4.79. The van der Waals surface area contributed by atoms with Crippen LogP contribution in [0.1, 0.15) is 12.0 Å². The van der Waals surface area contributed by atoms with Gasteiger partial charge in [0.1, 0.15) is 6.42 Å². The van der Waals surface area contributed by atoms with Crippen LogP contribution in [0.5, 0.6) is 0 Å². The molecule has 0 saturated carbocycles. The number of hydrogen-bond acceptors (Lipinski definition) is 3. The van der Waals surface area contributed by atoms with Crippen LogP contribution >= 0.6 is 11.6 Å². The van der Waals surface area contributed by atoms with E-state index in [9.17, 15) is 9.59 Å². The maximum absolute atomic E-state index is 11.5. The number of hydrogen-bond donors (Lipinski definition) is 2. The molecule has 0 aliphatic carbocycles. The minimum absolute atomic E-state index is 0.162. The van der Waals surface area contributed by atoms with Crippen molar-refractivity contribution in [1.82, 2.24) is 10.6 Å². The highest BCUT2D eigenvalue weighted by Crippen LogP contribution is 2.09. The van der Waals surface area contributed by atoms with Gasteiger partial charge in [0.05, 0.1) is 6.61 Å². The fourth-order valence-electron chi connectivity index (χ4n) is 1.56. The van der Waals surface area contributed by atoms with Crippen LogP contribution in [0.4, 0.5) is 0 Å². The predicted molar refractivity (Wildman–Crippen MR) is 77.7 cm³/mol. The Hall–Kier alpha value is -1.59. The lowest BCUT2D eigenvalue weighted by molar-refractivity contribution is -0.129. The van der Waals surface area contributed by atoms with E-state index in [0.717, 1.165) is 5.56 Å². The molecule has 0 bridgehead atoms. The summed E-state index contributed by atoms with van der Waals surface area (Å²) in [6, 6.07) is 7.43. The third-order valence-corrected chi connectivity index (χ3v) is 2.85. The highest BCUT2D eigenvalue weighted by Gasteiger charge is 2.08. The van der Waals surface area contributed by atoms with Crippen LogP contribution in [0, 0.1) is 0 Å². The molecule has 1 aromatic rings. The third-order valence-electron chi connectivity index (χ3n) is 2.60. The van der Waals surface area contributed by atoms with Gasteiger partial charge in [-0.3, -0.25) is 9.59 Å². The van der Waals surface area contributed by atoms with Gasteiger partial charge in [-0.15, -0.1) is 0 Å². The van der Waals surface area contributed by atoms with Gasteiger partial charge in [-0.2, -0.15) is 0 Å². The number of carbonyl (C=O) groups excluding carboxylic acids is 2. The van der Waals surface area contributed by atoms with Crippen molar-refractivity contribution in [3.8, 4) is 0 Å². The van der Waals surface area contributed by atoms with Crippen molar-refractivity contribution in [1.29, 1.82) is 0 Å². The van der Waals surface area contributed by atoms with Crippen molar-refractivity contribution >= 4 is 23.4 Å². The standard InChI is InChI=1S/C14H19ClN2O3/c1-20-9-8-17-14(19)10-13(18)16-7-6-11-2-4-12(15)5-3-11/h2-5H,6-10H2,1H3,(H,16,18)(H,17,19). The molecule has 110 valence electrons. The van der Waals surface area contributed by atoms with Crippen LogP contribution in [0.25, 0.3) is 0 Å². The molecular formula is C14H19ClN2O3. The average molecular weight is 299 g/mol. The van der Waals surface area contributed by atoms with Gasteiger partial charge in [0.25, 0.3) is 0 Å². The summed E-state index contributed by atoms with van der Waals surface area (Å²) in [6.07, 6.45) is 0.540. The van der Waals surface area contributed by atoms with E-state index in [0.29, 0.717) is 31.1 Å². The molecule has 0 radical (unpaired) electrons. The van der Waals surface area contributed by atoms with E-state index in [1.807, 2.05) is 24.3 Å². The summed E-state index contributed by atoms with van der Waals surface area (Å²) in [4.78, 5) is 22.9. The lowest BCUT2D eigenvalue weighted by Gasteiger charge is -2.06. The number of rotatable bonds is 8. The van der Waals surface area contributed by atoms with E-state index < -0.39 is 0 Å². The zero-order valence-electron chi connectivity index (χ0n) is 11.4. The Morgan fingerprint density at radius 3 is 2.30 bits per heavy atom. The topological polar surface area (TPSA) is 67.4 Å². The van der Waals surface area contributed by atoms with Gasteiger partial charge in [-0.1, -0.05) is 23.7 Å². The lowest BCUT2D eigenvalue weighted by Crippen LogP contribution is -2.34. The van der Waals surface area contributed by atoms with E-state index in [-0.39, 0.29) is 18.2 Å². The summed E-state index contributed by atoms with van der Waals surface area (Å²) in [7, 11) is 1.55. The molecule has 0 atom stereocenters. The molecule has 1 rings (SSSR count). The van der Waals surface area contributed by atoms with Crippen LogP contribution in [-0.2, 0) is 20.7 Å². The molecule has 6 heteroatoms. The van der Waals surface area contributed by atoms with Crippen LogP contribution in [0.2, 0.25) is 5.02 Å².